The molecule has 170 valence electrons. The van der Waals surface area contributed by atoms with E-state index < -0.39 is 9.89 Å². The highest BCUT2D eigenvalue weighted by Crippen LogP contribution is 2.30. The van der Waals surface area contributed by atoms with Gasteiger partial charge in [-0.3, -0.25) is 0 Å². The van der Waals surface area contributed by atoms with E-state index in [9.17, 15) is 4.79 Å². The van der Waals surface area contributed by atoms with Crippen LogP contribution in [0.2, 0.25) is 5.02 Å². The predicted molar refractivity (Wildman–Crippen MR) is 130 cm³/mol. The minimum absolute atomic E-state index is 0.285. The van der Waals surface area contributed by atoms with E-state index in [0.717, 1.165) is 11.9 Å². The number of benzene rings is 2. The predicted octanol–water partition coefficient (Wildman–Crippen LogP) is 6.28. The Morgan fingerprint density at radius 1 is 1.00 bits per heavy atom. The number of nitrogens with zero attached hydrogens (tertiary/aromatic N) is 2. The smallest absolute Gasteiger partial charge is 0.409 e. The fraction of sp³-hybridized carbons (Fsp3) is 0.348. The van der Waals surface area contributed by atoms with Gasteiger partial charge in [-0.25, -0.2) is 4.79 Å². The maximum atomic E-state index is 12.5. The molecule has 1 aliphatic rings. The van der Waals surface area contributed by atoms with Crippen molar-refractivity contribution in [2.24, 2.45) is 0 Å². The van der Waals surface area contributed by atoms with Crippen molar-refractivity contribution in [1.82, 2.24) is 9.47 Å². The lowest BCUT2D eigenvalue weighted by molar-refractivity contribution is 0.105. The number of carbonyl (C=O) groups excluding carboxylic acids is 1. The molecule has 1 amide bonds. The van der Waals surface area contributed by atoms with Crippen molar-refractivity contribution < 1.29 is 14.3 Å². The van der Waals surface area contributed by atoms with Gasteiger partial charge in [-0.15, -0.1) is 0 Å². The van der Waals surface area contributed by atoms with E-state index in [2.05, 4.69) is 16.7 Å². The minimum Gasteiger partial charge on any atom is -0.492 e. The molecule has 9 heteroatoms. The third kappa shape index (κ3) is 5.40. The summed E-state index contributed by atoms with van der Waals surface area (Å²) in [7, 11) is 0. The molecule has 0 saturated carbocycles. The number of rotatable bonds is 5. The number of carbonyl (C=O) groups is 1. The SMILES string of the molecule is O=C(OCC(Cl)(Cl)Cl)N1CCc2c(CCOc3ccccc3Cl)c3ccccc3n2CC1. The molecule has 1 aromatic heterocycles. The van der Waals surface area contributed by atoms with Gasteiger partial charge in [0.15, 0.2) is 0 Å². The zero-order valence-corrected chi connectivity index (χ0v) is 20.2. The van der Waals surface area contributed by atoms with Gasteiger partial charge in [0.1, 0.15) is 12.4 Å². The fourth-order valence-electron chi connectivity index (χ4n) is 4.06. The van der Waals surface area contributed by atoms with Crippen LogP contribution in [0.1, 0.15) is 11.3 Å². The van der Waals surface area contributed by atoms with Crippen LogP contribution in [0.4, 0.5) is 4.79 Å². The average Bonchev–Trinajstić information content (AvgIpc) is 2.90. The van der Waals surface area contributed by atoms with E-state index in [-0.39, 0.29) is 6.61 Å². The molecule has 2 aromatic carbocycles. The van der Waals surface area contributed by atoms with Gasteiger partial charge < -0.3 is 18.9 Å². The summed E-state index contributed by atoms with van der Waals surface area (Å²) in [5.74, 6) is 0.673. The second-order valence-electron chi connectivity index (χ2n) is 7.53. The molecule has 1 aliphatic heterocycles. The first-order chi connectivity index (χ1) is 15.3. The van der Waals surface area contributed by atoms with Crippen molar-refractivity contribution in [3.05, 3.63) is 64.8 Å². The topological polar surface area (TPSA) is 43.7 Å². The molecule has 0 fully saturated rings. The minimum atomic E-state index is -1.63. The van der Waals surface area contributed by atoms with Crippen molar-refractivity contribution in [2.45, 2.75) is 23.2 Å². The standard InChI is InChI=1S/C23H22Cl4N2O3/c24-18-6-2-4-8-21(18)31-14-10-17-16-5-1-3-7-19(16)29-13-12-28(11-9-20(17)29)22(30)32-15-23(25,26)27/h1-8H,9-15H2. The van der Waals surface area contributed by atoms with Crippen molar-refractivity contribution in [2.75, 3.05) is 26.3 Å². The molecule has 5 nitrogen and oxygen atoms in total. The number of para-hydroxylation sites is 2. The van der Waals surface area contributed by atoms with Crippen molar-refractivity contribution >= 4 is 63.4 Å². The van der Waals surface area contributed by atoms with E-state index in [1.54, 1.807) is 4.90 Å². The normalized spacial score (nSPS) is 14.2. The maximum absolute atomic E-state index is 12.5. The quantitative estimate of drug-likeness (QED) is 0.375. The highest BCUT2D eigenvalue weighted by Gasteiger charge is 2.27. The van der Waals surface area contributed by atoms with E-state index in [4.69, 9.17) is 55.9 Å². The first-order valence-electron chi connectivity index (χ1n) is 10.3. The van der Waals surface area contributed by atoms with Crippen LogP contribution in [0, 0.1) is 0 Å². The lowest BCUT2D eigenvalue weighted by Crippen LogP contribution is -2.35. The summed E-state index contributed by atoms with van der Waals surface area (Å²) in [5.41, 5.74) is 3.57. The molecule has 32 heavy (non-hydrogen) atoms. The molecule has 0 bridgehead atoms. The molecule has 2 heterocycles. The average molecular weight is 516 g/mol. The Kier molecular flexibility index (Phi) is 7.30. The molecular formula is C23H22Cl4N2O3. The Morgan fingerprint density at radius 3 is 2.53 bits per heavy atom. The van der Waals surface area contributed by atoms with E-state index >= 15 is 0 Å². The molecule has 0 atom stereocenters. The Balaban J connectivity index is 1.51. The zero-order chi connectivity index (χ0) is 22.7. The second-order valence-corrected chi connectivity index (χ2v) is 10.5. The van der Waals surface area contributed by atoms with Crippen LogP contribution in [0.15, 0.2) is 48.5 Å². The van der Waals surface area contributed by atoms with Crippen LogP contribution in [-0.2, 0) is 24.1 Å². The van der Waals surface area contributed by atoms with Crippen LogP contribution in [-0.4, -0.2) is 45.7 Å². The maximum Gasteiger partial charge on any atom is 0.409 e. The molecule has 4 rings (SSSR count). The summed E-state index contributed by atoms with van der Waals surface area (Å²) in [6, 6.07) is 15.8. The van der Waals surface area contributed by atoms with Gasteiger partial charge >= 0.3 is 6.09 Å². The van der Waals surface area contributed by atoms with Gasteiger partial charge in [0, 0.05) is 49.1 Å². The first kappa shape index (κ1) is 23.4. The van der Waals surface area contributed by atoms with Crippen molar-refractivity contribution in [1.29, 1.82) is 0 Å². The molecular weight excluding hydrogens is 494 g/mol. The number of amides is 1. The molecule has 0 spiro atoms. The van der Waals surface area contributed by atoms with Crippen molar-refractivity contribution in [3.8, 4) is 5.75 Å². The largest absolute Gasteiger partial charge is 0.492 e. The third-order valence-electron chi connectivity index (χ3n) is 5.47. The summed E-state index contributed by atoms with van der Waals surface area (Å²) in [6.45, 7) is 1.91. The molecule has 0 N–H and O–H groups in total. The van der Waals surface area contributed by atoms with Gasteiger partial charge in [0.05, 0.1) is 11.6 Å². The molecule has 0 unspecified atom stereocenters. The van der Waals surface area contributed by atoms with Gasteiger partial charge in [0.2, 0.25) is 3.79 Å². The second kappa shape index (κ2) is 10.0. The molecule has 0 aliphatic carbocycles. The fourth-order valence-corrected chi connectivity index (χ4v) is 4.42. The number of fused-ring (bicyclic) bond motifs is 3. The summed E-state index contributed by atoms with van der Waals surface area (Å²) in [5, 5.41) is 1.80. The monoisotopic (exact) mass is 514 g/mol. The van der Waals surface area contributed by atoms with E-state index in [0.29, 0.717) is 43.4 Å². The Bertz CT molecular complexity index is 1110. The van der Waals surface area contributed by atoms with Gasteiger partial charge in [-0.1, -0.05) is 76.7 Å². The van der Waals surface area contributed by atoms with Crippen LogP contribution < -0.4 is 4.74 Å². The van der Waals surface area contributed by atoms with E-state index in [1.807, 2.05) is 36.4 Å². The zero-order valence-electron chi connectivity index (χ0n) is 17.2. The highest BCUT2D eigenvalue weighted by molar-refractivity contribution is 6.67. The number of aromatic nitrogens is 1. The van der Waals surface area contributed by atoms with Crippen LogP contribution in [0.25, 0.3) is 10.9 Å². The van der Waals surface area contributed by atoms with Gasteiger partial charge in [-0.2, -0.15) is 0 Å². The first-order valence-corrected chi connectivity index (χ1v) is 11.8. The third-order valence-corrected chi connectivity index (χ3v) is 6.11. The molecule has 0 radical (unpaired) electrons. The number of alkyl halides is 3. The molecule has 3 aromatic rings. The number of hydrogen-bond acceptors (Lipinski definition) is 3. The van der Waals surface area contributed by atoms with Crippen LogP contribution in [0.5, 0.6) is 5.75 Å². The summed E-state index contributed by atoms with van der Waals surface area (Å²) < 4.78 is 11.8. The molecule has 0 saturated heterocycles. The lowest BCUT2D eigenvalue weighted by Gasteiger charge is -2.21. The Morgan fingerprint density at radius 2 is 1.75 bits per heavy atom. The highest BCUT2D eigenvalue weighted by atomic mass is 35.6. The van der Waals surface area contributed by atoms with Gasteiger partial charge in [-0.05, 0) is 23.8 Å². The van der Waals surface area contributed by atoms with Crippen molar-refractivity contribution in [3.63, 3.8) is 0 Å². The summed E-state index contributed by atoms with van der Waals surface area (Å²) in [6.07, 6.45) is 0.945. The van der Waals surface area contributed by atoms with E-state index in [1.165, 1.54) is 16.6 Å². The Labute approximate surface area is 206 Å². The number of ether oxygens (including phenoxy) is 2. The Hall–Kier alpha value is -1.79. The number of hydrogen-bond donors (Lipinski definition) is 0. The van der Waals surface area contributed by atoms with Crippen LogP contribution >= 0.6 is 46.4 Å². The summed E-state index contributed by atoms with van der Waals surface area (Å²) in [4.78, 5) is 14.1. The number of halogens is 4. The summed E-state index contributed by atoms with van der Waals surface area (Å²) >= 11 is 23.3. The van der Waals surface area contributed by atoms with Gasteiger partial charge in [0.25, 0.3) is 0 Å². The van der Waals surface area contributed by atoms with Crippen LogP contribution in [0.3, 0.4) is 0 Å². The lowest BCUT2D eigenvalue weighted by atomic mass is 10.1.